The summed E-state index contributed by atoms with van der Waals surface area (Å²) in [4.78, 5) is 0. The summed E-state index contributed by atoms with van der Waals surface area (Å²) in [6.45, 7) is 0. The molecule has 0 aliphatic carbocycles. The van der Waals surface area contributed by atoms with Gasteiger partial charge in [-0.15, -0.1) is 0 Å². The summed E-state index contributed by atoms with van der Waals surface area (Å²) in [5.41, 5.74) is 3.67. The fraction of sp³-hybridized carbons (Fsp3) is 0.0769. The van der Waals surface area contributed by atoms with Crippen LogP contribution in [0.4, 0.5) is 17.1 Å². The maximum Gasteiger partial charge on any atom is 0.129 e. The van der Waals surface area contributed by atoms with E-state index in [1.165, 1.54) is 0 Å². The van der Waals surface area contributed by atoms with Crippen LogP contribution in [0.1, 0.15) is 11.1 Å². The molecule has 2 nitrogen and oxygen atoms in total. The Kier molecular flexibility index (Phi) is 2.61. The number of anilines is 3. The van der Waals surface area contributed by atoms with Crippen molar-refractivity contribution in [1.29, 1.82) is 0 Å². The van der Waals surface area contributed by atoms with Gasteiger partial charge in [-0.2, -0.15) is 0 Å². The minimum atomic E-state index is -0.265. The fourth-order valence-electron chi connectivity index (χ4n) is 1.94. The molecular weight excluding hydrogens is 255 g/mol. The van der Waals surface area contributed by atoms with Crippen molar-refractivity contribution in [3.05, 3.63) is 53.1 Å². The predicted molar refractivity (Wildman–Crippen MR) is 73.4 cm³/mol. The van der Waals surface area contributed by atoms with Gasteiger partial charge in [-0.3, -0.25) is 0 Å². The van der Waals surface area contributed by atoms with Gasteiger partial charge in [0.05, 0.1) is 11.4 Å². The Morgan fingerprint density at radius 3 is 2.65 bits per heavy atom. The van der Waals surface area contributed by atoms with Gasteiger partial charge in [-0.05, 0) is 24.3 Å². The largest absolute Gasteiger partial charge is 0.364 e. The highest BCUT2D eigenvalue weighted by Gasteiger charge is 2.18. The smallest absolute Gasteiger partial charge is 0.129 e. The summed E-state index contributed by atoms with van der Waals surface area (Å²) in [5.74, 6) is 0. The number of fused-ring (bicyclic) bond motifs is 2. The summed E-state index contributed by atoms with van der Waals surface area (Å²) in [5, 5.41) is 7.28. The molecule has 0 fully saturated rings. The van der Waals surface area contributed by atoms with Crippen LogP contribution in [0.5, 0.6) is 0 Å². The van der Waals surface area contributed by atoms with Gasteiger partial charge < -0.3 is 10.6 Å². The highest BCUT2D eigenvalue weighted by atomic mass is 35.5. The molecule has 1 aliphatic heterocycles. The van der Waals surface area contributed by atoms with Crippen LogP contribution in [0.3, 0.4) is 0 Å². The predicted octanol–water partition coefficient (Wildman–Crippen LogP) is 4.75. The van der Waals surface area contributed by atoms with E-state index in [0.29, 0.717) is 5.02 Å². The van der Waals surface area contributed by atoms with E-state index in [9.17, 15) is 0 Å². The first-order valence-electron chi connectivity index (χ1n) is 5.30. The average Bonchev–Trinajstić information content (AvgIpc) is 2.46. The molecule has 0 bridgehead atoms. The molecule has 2 N–H and O–H groups in total. The molecule has 17 heavy (non-hydrogen) atoms. The molecule has 3 rings (SSSR count). The molecule has 0 spiro atoms. The van der Waals surface area contributed by atoms with Gasteiger partial charge in [0.1, 0.15) is 5.50 Å². The molecule has 0 saturated heterocycles. The first-order chi connectivity index (χ1) is 8.24. The van der Waals surface area contributed by atoms with Crippen molar-refractivity contribution in [2.45, 2.75) is 5.50 Å². The van der Waals surface area contributed by atoms with E-state index in [1.54, 1.807) is 0 Å². The fourth-order valence-corrected chi connectivity index (χ4v) is 2.42. The Hall–Kier alpha value is -1.38. The highest BCUT2D eigenvalue weighted by Crippen LogP contribution is 2.39. The first kappa shape index (κ1) is 10.8. The molecule has 1 heterocycles. The summed E-state index contributed by atoms with van der Waals surface area (Å²) in [6, 6.07) is 13.6. The number of rotatable bonds is 0. The number of hydrogen-bond acceptors (Lipinski definition) is 2. The highest BCUT2D eigenvalue weighted by molar-refractivity contribution is 6.31. The number of alkyl halides is 1. The van der Waals surface area contributed by atoms with Crippen molar-refractivity contribution < 1.29 is 0 Å². The monoisotopic (exact) mass is 264 g/mol. The van der Waals surface area contributed by atoms with Crippen LogP contribution < -0.4 is 10.6 Å². The summed E-state index contributed by atoms with van der Waals surface area (Å²) in [6.07, 6.45) is 0. The van der Waals surface area contributed by atoms with Crippen LogP contribution in [-0.4, -0.2) is 0 Å². The quantitative estimate of drug-likeness (QED) is 0.530. The van der Waals surface area contributed by atoms with Gasteiger partial charge in [-0.25, -0.2) is 0 Å². The van der Waals surface area contributed by atoms with Crippen LogP contribution in [0.25, 0.3) is 0 Å². The lowest BCUT2D eigenvalue weighted by Crippen LogP contribution is -2.02. The molecule has 2 aromatic carbocycles. The van der Waals surface area contributed by atoms with Crippen LogP contribution in [-0.2, 0) is 0 Å². The van der Waals surface area contributed by atoms with E-state index in [0.717, 1.165) is 22.6 Å². The zero-order valence-corrected chi connectivity index (χ0v) is 10.4. The molecule has 0 amide bonds. The SMILES string of the molecule is Clc1ccc2c(c1)NC(Cl)c1ccccc1N2. The van der Waals surface area contributed by atoms with Crippen molar-refractivity contribution in [1.82, 2.24) is 0 Å². The molecule has 0 saturated carbocycles. The maximum atomic E-state index is 6.34. The zero-order valence-electron chi connectivity index (χ0n) is 8.87. The third-order valence-electron chi connectivity index (χ3n) is 2.77. The van der Waals surface area contributed by atoms with E-state index in [2.05, 4.69) is 10.6 Å². The molecule has 0 radical (unpaired) electrons. The lowest BCUT2D eigenvalue weighted by atomic mass is 10.2. The second-order valence-electron chi connectivity index (χ2n) is 3.91. The number of benzene rings is 2. The lowest BCUT2D eigenvalue weighted by molar-refractivity contribution is 1.11. The van der Waals surface area contributed by atoms with E-state index >= 15 is 0 Å². The second-order valence-corrected chi connectivity index (χ2v) is 4.78. The normalized spacial score (nSPS) is 17.2. The van der Waals surface area contributed by atoms with Crippen molar-refractivity contribution in [2.75, 3.05) is 10.6 Å². The summed E-state index contributed by atoms with van der Waals surface area (Å²) < 4.78 is 0. The Morgan fingerprint density at radius 1 is 0.941 bits per heavy atom. The molecule has 0 aromatic heterocycles. The molecule has 1 aliphatic rings. The Labute approximate surface area is 110 Å². The van der Waals surface area contributed by atoms with Crippen molar-refractivity contribution in [3.8, 4) is 0 Å². The third-order valence-corrected chi connectivity index (χ3v) is 3.35. The third kappa shape index (κ3) is 1.94. The average molecular weight is 265 g/mol. The molecule has 2 aromatic rings. The van der Waals surface area contributed by atoms with Crippen LogP contribution >= 0.6 is 23.2 Å². The first-order valence-corrected chi connectivity index (χ1v) is 6.11. The summed E-state index contributed by atoms with van der Waals surface area (Å²) in [7, 11) is 0. The second kappa shape index (κ2) is 4.13. The maximum absolute atomic E-state index is 6.34. The summed E-state index contributed by atoms with van der Waals surface area (Å²) >= 11 is 12.3. The van der Waals surface area contributed by atoms with Crippen molar-refractivity contribution >= 4 is 40.3 Å². The van der Waals surface area contributed by atoms with Crippen LogP contribution in [0, 0.1) is 0 Å². The Balaban J connectivity index is 2.13. The zero-order chi connectivity index (χ0) is 11.8. The van der Waals surface area contributed by atoms with Gasteiger partial charge in [0.25, 0.3) is 0 Å². The van der Waals surface area contributed by atoms with Crippen LogP contribution in [0.15, 0.2) is 42.5 Å². The van der Waals surface area contributed by atoms with Crippen molar-refractivity contribution in [3.63, 3.8) is 0 Å². The van der Waals surface area contributed by atoms with Gasteiger partial charge >= 0.3 is 0 Å². The number of hydrogen-bond donors (Lipinski definition) is 2. The number of nitrogens with one attached hydrogen (secondary N) is 2. The molecule has 86 valence electrons. The van der Waals surface area contributed by atoms with E-state index in [4.69, 9.17) is 23.2 Å². The van der Waals surface area contributed by atoms with Gasteiger partial charge in [-0.1, -0.05) is 41.4 Å². The topological polar surface area (TPSA) is 24.1 Å². The Bertz CT molecular complexity index is 569. The molecule has 4 heteroatoms. The van der Waals surface area contributed by atoms with E-state index in [1.807, 2.05) is 42.5 Å². The number of para-hydroxylation sites is 1. The van der Waals surface area contributed by atoms with E-state index < -0.39 is 0 Å². The minimum Gasteiger partial charge on any atom is -0.364 e. The molecule has 1 unspecified atom stereocenters. The Morgan fingerprint density at radius 2 is 1.76 bits per heavy atom. The van der Waals surface area contributed by atoms with Gasteiger partial charge in [0.15, 0.2) is 0 Å². The molecular formula is C13H10Cl2N2. The van der Waals surface area contributed by atoms with E-state index in [-0.39, 0.29) is 5.50 Å². The van der Waals surface area contributed by atoms with Gasteiger partial charge in [0, 0.05) is 16.3 Å². The standard InChI is InChI=1S/C13H10Cl2N2/c14-8-5-6-11-12(7-8)17-13(15)9-3-1-2-4-10(9)16-11/h1-7,13,16-17H. The lowest BCUT2D eigenvalue weighted by Gasteiger charge is -2.12. The number of halogens is 2. The van der Waals surface area contributed by atoms with Crippen molar-refractivity contribution in [2.24, 2.45) is 0 Å². The van der Waals surface area contributed by atoms with Crippen LogP contribution in [0.2, 0.25) is 5.02 Å². The minimum absolute atomic E-state index is 0.265. The molecule has 1 atom stereocenters. The van der Waals surface area contributed by atoms with Gasteiger partial charge in [0.2, 0.25) is 0 Å².